The second kappa shape index (κ2) is 9.43. The molecule has 0 bridgehead atoms. The van der Waals surface area contributed by atoms with E-state index in [0.29, 0.717) is 31.4 Å². The number of aryl methyl sites for hydroxylation is 1. The van der Waals surface area contributed by atoms with E-state index in [1.54, 1.807) is 11.9 Å². The highest BCUT2D eigenvalue weighted by Crippen LogP contribution is 2.30. The first-order valence-corrected chi connectivity index (χ1v) is 8.68. The normalized spacial score (nSPS) is 12.2. The van der Waals surface area contributed by atoms with E-state index in [9.17, 15) is 17.6 Å². The maximum absolute atomic E-state index is 13.1. The molecule has 1 aromatic heterocycles. The van der Waals surface area contributed by atoms with Crippen molar-refractivity contribution < 1.29 is 22.3 Å². The van der Waals surface area contributed by atoms with E-state index >= 15 is 0 Å². The molecule has 6 nitrogen and oxygen atoms in total. The fourth-order valence-corrected chi connectivity index (χ4v) is 2.46. The lowest BCUT2D eigenvalue weighted by molar-refractivity contribution is -0.142. The Balaban J connectivity index is 2.00. The summed E-state index contributed by atoms with van der Waals surface area (Å²) in [4.78, 5) is 6.03. The number of aromatic nitrogens is 2. The quantitative estimate of drug-likeness (QED) is 0.440. The number of nitrogens with one attached hydrogen (secondary N) is 1. The van der Waals surface area contributed by atoms with Gasteiger partial charge in [-0.25, -0.2) is 9.38 Å². The average Bonchev–Trinajstić information content (AvgIpc) is 3.01. The van der Waals surface area contributed by atoms with Crippen LogP contribution in [-0.2, 0) is 19.8 Å². The predicted molar refractivity (Wildman–Crippen MR) is 97.6 cm³/mol. The molecule has 0 spiro atoms. The molecule has 0 atom stereocenters. The molecule has 0 saturated heterocycles. The Kier molecular flexibility index (Phi) is 7.24. The second-order valence-corrected chi connectivity index (χ2v) is 6.07. The number of rotatable bonds is 7. The van der Waals surface area contributed by atoms with Crippen molar-refractivity contribution in [2.75, 3.05) is 26.7 Å². The summed E-state index contributed by atoms with van der Waals surface area (Å²) in [7, 11) is 3.19. The van der Waals surface area contributed by atoms with Crippen LogP contribution in [0, 0.1) is 5.82 Å². The number of hydrogen-bond acceptors (Lipinski definition) is 3. The van der Waals surface area contributed by atoms with E-state index in [0.717, 1.165) is 4.68 Å². The van der Waals surface area contributed by atoms with E-state index in [1.165, 1.54) is 37.5 Å². The number of hydrogen-bond donors (Lipinski definition) is 1. The Morgan fingerprint density at radius 1 is 1.29 bits per heavy atom. The fourth-order valence-electron chi connectivity index (χ4n) is 2.46. The summed E-state index contributed by atoms with van der Waals surface area (Å²) in [6.45, 7) is 2.99. The first-order chi connectivity index (χ1) is 13.2. The minimum absolute atomic E-state index is 0.00126. The zero-order chi connectivity index (χ0) is 20.7. The Hall–Kier alpha value is -2.78. The maximum atomic E-state index is 13.1. The van der Waals surface area contributed by atoms with Crippen LogP contribution in [0.15, 0.2) is 35.5 Å². The van der Waals surface area contributed by atoms with Crippen molar-refractivity contribution >= 4 is 5.96 Å². The van der Waals surface area contributed by atoms with Gasteiger partial charge in [0.15, 0.2) is 11.7 Å². The summed E-state index contributed by atoms with van der Waals surface area (Å²) in [5, 5.41) is 6.52. The molecule has 0 fully saturated rings. The predicted octanol–water partition coefficient (Wildman–Crippen LogP) is 3.05. The molecule has 0 aliphatic carbocycles. The van der Waals surface area contributed by atoms with Crippen molar-refractivity contribution in [3.63, 3.8) is 0 Å². The molecule has 2 rings (SSSR count). The van der Waals surface area contributed by atoms with Crippen LogP contribution in [0.5, 0.6) is 5.75 Å². The van der Waals surface area contributed by atoms with Gasteiger partial charge in [0.25, 0.3) is 0 Å². The minimum atomic E-state index is -4.53. The molecule has 0 aliphatic rings. The van der Waals surface area contributed by atoms with Gasteiger partial charge in [0, 0.05) is 32.4 Å². The molecular formula is C18H23F4N5O. The zero-order valence-corrected chi connectivity index (χ0v) is 15.9. The number of alkyl halides is 3. The lowest BCUT2D eigenvalue weighted by atomic mass is 10.2. The molecule has 0 aliphatic heterocycles. The summed E-state index contributed by atoms with van der Waals surface area (Å²) in [5.74, 6) is 0.628. The van der Waals surface area contributed by atoms with Crippen molar-refractivity contribution in [3.05, 3.63) is 47.5 Å². The molecule has 154 valence electrons. The van der Waals surface area contributed by atoms with Crippen LogP contribution in [0.4, 0.5) is 17.6 Å². The van der Waals surface area contributed by atoms with Gasteiger partial charge in [-0.15, -0.1) is 0 Å². The van der Waals surface area contributed by atoms with Crippen molar-refractivity contribution in [3.8, 4) is 5.75 Å². The van der Waals surface area contributed by atoms with Crippen LogP contribution in [0.3, 0.4) is 0 Å². The van der Waals surface area contributed by atoms with Crippen molar-refractivity contribution in [2.45, 2.75) is 19.6 Å². The maximum Gasteiger partial charge on any atom is 0.435 e. The lowest BCUT2D eigenvalue weighted by Crippen LogP contribution is -2.40. The summed E-state index contributed by atoms with van der Waals surface area (Å²) >= 11 is 0. The van der Waals surface area contributed by atoms with Crippen LogP contribution >= 0.6 is 0 Å². The molecule has 0 unspecified atom stereocenters. The van der Waals surface area contributed by atoms with Gasteiger partial charge >= 0.3 is 6.18 Å². The molecular weight excluding hydrogens is 378 g/mol. The van der Waals surface area contributed by atoms with Gasteiger partial charge in [-0.05, 0) is 31.2 Å². The number of ether oxygens (including phenoxy) is 1. The topological polar surface area (TPSA) is 54.7 Å². The van der Waals surface area contributed by atoms with Gasteiger partial charge in [-0.1, -0.05) is 0 Å². The monoisotopic (exact) mass is 401 g/mol. The summed E-state index contributed by atoms with van der Waals surface area (Å²) in [6.07, 6.45) is -3.22. The van der Waals surface area contributed by atoms with Gasteiger partial charge in [0.05, 0.1) is 13.1 Å². The van der Waals surface area contributed by atoms with Crippen molar-refractivity contribution in [1.82, 2.24) is 20.0 Å². The molecule has 28 heavy (non-hydrogen) atoms. The third kappa shape index (κ3) is 6.14. The third-order valence-electron chi connectivity index (χ3n) is 3.78. The summed E-state index contributed by atoms with van der Waals surface area (Å²) in [6, 6.07) is 5.65. The highest BCUT2D eigenvalue weighted by molar-refractivity contribution is 5.79. The molecule has 0 saturated carbocycles. The molecule has 1 N–H and O–H groups in total. The van der Waals surface area contributed by atoms with Crippen LogP contribution < -0.4 is 10.1 Å². The second-order valence-electron chi connectivity index (χ2n) is 6.07. The first-order valence-electron chi connectivity index (χ1n) is 8.68. The molecule has 1 aromatic carbocycles. The van der Waals surface area contributed by atoms with Crippen molar-refractivity contribution in [1.29, 1.82) is 0 Å². The first kappa shape index (κ1) is 21.5. The van der Waals surface area contributed by atoms with Gasteiger partial charge in [0.2, 0.25) is 0 Å². The smallest absolute Gasteiger partial charge is 0.435 e. The minimum Gasteiger partial charge on any atom is -0.492 e. The van der Waals surface area contributed by atoms with Crippen LogP contribution in [0.1, 0.15) is 18.2 Å². The highest BCUT2D eigenvalue weighted by Gasteiger charge is 2.36. The number of aliphatic imine (C=N–C) groups is 1. The van der Waals surface area contributed by atoms with E-state index in [4.69, 9.17) is 4.74 Å². The van der Waals surface area contributed by atoms with E-state index in [1.807, 2.05) is 6.92 Å². The fraction of sp³-hybridized carbons (Fsp3) is 0.444. The average molecular weight is 401 g/mol. The Morgan fingerprint density at radius 3 is 2.57 bits per heavy atom. The molecule has 0 amide bonds. The molecule has 0 radical (unpaired) electrons. The molecule has 1 heterocycles. The van der Waals surface area contributed by atoms with E-state index in [2.05, 4.69) is 15.4 Å². The van der Waals surface area contributed by atoms with Crippen LogP contribution in [-0.4, -0.2) is 47.4 Å². The molecule has 2 aromatic rings. The number of benzene rings is 1. The number of guanidine groups is 1. The number of nitrogens with zero attached hydrogens (tertiary/aromatic N) is 4. The SMILES string of the molecule is CCNC(=NCc1cn(C)nc1C(F)(F)F)N(C)CCOc1ccc(F)cc1. The third-order valence-corrected chi connectivity index (χ3v) is 3.78. The Morgan fingerprint density at radius 2 is 1.96 bits per heavy atom. The Labute approximate surface area is 160 Å². The highest BCUT2D eigenvalue weighted by atomic mass is 19.4. The van der Waals surface area contributed by atoms with E-state index < -0.39 is 11.9 Å². The standard InChI is InChI=1S/C18H23F4N5O/c1-4-23-17(24-11-13-12-27(3)25-16(13)18(20,21)22)26(2)9-10-28-15-7-5-14(19)6-8-15/h5-8,12H,4,9-11H2,1-3H3,(H,23,24). The van der Waals surface area contributed by atoms with E-state index in [-0.39, 0.29) is 17.9 Å². The summed E-state index contributed by atoms with van der Waals surface area (Å²) < 4.78 is 58.7. The van der Waals surface area contributed by atoms with Crippen LogP contribution in [0.2, 0.25) is 0 Å². The zero-order valence-electron chi connectivity index (χ0n) is 15.9. The van der Waals surface area contributed by atoms with Gasteiger partial charge in [-0.3, -0.25) is 4.68 Å². The van der Waals surface area contributed by atoms with Gasteiger partial charge in [-0.2, -0.15) is 18.3 Å². The van der Waals surface area contributed by atoms with Crippen molar-refractivity contribution in [2.24, 2.45) is 12.0 Å². The lowest BCUT2D eigenvalue weighted by Gasteiger charge is -2.22. The number of halogens is 4. The number of likely N-dealkylation sites (N-methyl/N-ethyl adjacent to an activating group) is 1. The summed E-state index contributed by atoms with van der Waals surface area (Å²) in [5.41, 5.74) is -0.932. The van der Waals surface area contributed by atoms with Gasteiger partial charge < -0.3 is 15.0 Å². The van der Waals surface area contributed by atoms with Crippen LogP contribution in [0.25, 0.3) is 0 Å². The Bertz CT molecular complexity index is 786. The van der Waals surface area contributed by atoms with Gasteiger partial charge in [0.1, 0.15) is 18.2 Å². The largest absolute Gasteiger partial charge is 0.492 e. The molecule has 10 heteroatoms.